The summed E-state index contributed by atoms with van der Waals surface area (Å²) in [6, 6.07) is 0.822. The number of hydrogen-bond acceptors (Lipinski definition) is 1. The van der Waals surface area contributed by atoms with Gasteiger partial charge in [-0.1, -0.05) is 33.1 Å². The molecule has 12 heavy (non-hydrogen) atoms. The molecule has 0 aromatic carbocycles. The van der Waals surface area contributed by atoms with Gasteiger partial charge in [0.1, 0.15) is 0 Å². The predicted octanol–water partition coefficient (Wildman–Crippen LogP) is 2.95. The van der Waals surface area contributed by atoms with Gasteiger partial charge in [-0.3, -0.25) is 0 Å². The average Bonchev–Trinajstić information content (AvgIpc) is 2.84. The van der Waals surface area contributed by atoms with Gasteiger partial charge >= 0.3 is 0 Å². The number of rotatable bonds is 7. The maximum absolute atomic E-state index is 3.64. The molecule has 1 fully saturated rings. The van der Waals surface area contributed by atoms with Crippen LogP contribution in [0.5, 0.6) is 0 Å². The Labute approximate surface area is 76.9 Å². The van der Waals surface area contributed by atoms with Crippen molar-refractivity contribution in [3.05, 3.63) is 0 Å². The first-order valence-corrected chi connectivity index (χ1v) is 5.60. The van der Waals surface area contributed by atoms with Crippen LogP contribution in [0.3, 0.4) is 0 Å². The monoisotopic (exact) mass is 169 g/mol. The van der Waals surface area contributed by atoms with Crippen LogP contribution in [-0.4, -0.2) is 12.6 Å². The lowest BCUT2D eigenvalue weighted by atomic mass is 10.1. The summed E-state index contributed by atoms with van der Waals surface area (Å²) in [4.78, 5) is 0. The molecular formula is C11H23N. The maximum Gasteiger partial charge on any atom is 0.00695 e. The van der Waals surface area contributed by atoms with Crippen LogP contribution in [0.15, 0.2) is 0 Å². The Balaban J connectivity index is 2.07. The maximum atomic E-state index is 3.64. The molecule has 0 radical (unpaired) electrons. The smallest absolute Gasteiger partial charge is 0.00695 e. The van der Waals surface area contributed by atoms with E-state index in [9.17, 15) is 0 Å². The van der Waals surface area contributed by atoms with E-state index in [0.717, 1.165) is 12.0 Å². The molecule has 1 N–H and O–H groups in total. The average molecular weight is 169 g/mol. The summed E-state index contributed by atoms with van der Waals surface area (Å²) in [6.07, 6.45) is 8.39. The lowest BCUT2D eigenvalue weighted by Gasteiger charge is -2.16. The van der Waals surface area contributed by atoms with Gasteiger partial charge in [0, 0.05) is 6.04 Å². The van der Waals surface area contributed by atoms with Crippen LogP contribution < -0.4 is 5.32 Å². The third kappa shape index (κ3) is 4.10. The fraction of sp³-hybridized carbons (Fsp3) is 1.00. The number of hydrogen-bond donors (Lipinski definition) is 1. The second-order valence-electron chi connectivity index (χ2n) is 4.12. The van der Waals surface area contributed by atoms with E-state index in [0.29, 0.717) is 0 Å². The summed E-state index contributed by atoms with van der Waals surface area (Å²) < 4.78 is 0. The van der Waals surface area contributed by atoms with Crippen molar-refractivity contribution in [1.29, 1.82) is 0 Å². The van der Waals surface area contributed by atoms with Crippen molar-refractivity contribution in [2.24, 2.45) is 5.92 Å². The van der Waals surface area contributed by atoms with Gasteiger partial charge in [-0.25, -0.2) is 0 Å². The minimum atomic E-state index is 0.822. The van der Waals surface area contributed by atoms with Crippen molar-refractivity contribution in [1.82, 2.24) is 5.32 Å². The van der Waals surface area contributed by atoms with Crippen molar-refractivity contribution in [3.8, 4) is 0 Å². The first-order valence-electron chi connectivity index (χ1n) is 5.60. The molecule has 0 aliphatic heterocycles. The molecule has 1 aliphatic carbocycles. The molecule has 0 bridgehead atoms. The van der Waals surface area contributed by atoms with Crippen molar-refractivity contribution in [2.45, 2.75) is 58.4 Å². The topological polar surface area (TPSA) is 12.0 Å². The van der Waals surface area contributed by atoms with E-state index < -0.39 is 0 Å². The third-order valence-electron chi connectivity index (χ3n) is 2.63. The Morgan fingerprint density at radius 2 is 2.00 bits per heavy atom. The standard InChI is InChI=1S/C11H23N/c1-3-5-11(12-8-4-2)9-10-6-7-10/h10-12H,3-9H2,1-2H3. The van der Waals surface area contributed by atoms with E-state index in [1.165, 1.54) is 45.1 Å². The Kier molecular flexibility index (Phi) is 4.67. The summed E-state index contributed by atoms with van der Waals surface area (Å²) in [7, 11) is 0. The molecule has 0 aromatic heterocycles. The van der Waals surface area contributed by atoms with Gasteiger partial charge in [-0.2, -0.15) is 0 Å². The van der Waals surface area contributed by atoms with Crippen molar-refractivity contribution in [2.75, 3.05) is 6.54 Å². The zero-order valence-corrected chi connectivity index (χ0v) is 8.60. The van der Waals surface area contributed by atoms with E-state index >= 15 is 0 Å². The van der Waals surface area contributed by atoms with Crippen LogP contribution in [0.25, 0.3) is 0 Å². The van der Waals surface area contributed by atoms with Crippen LogP contribution in [0, 0.1) is 5.92 Å². The third-order valence-corrected chi connectivity index (χ3v) is 2.63. The van der Waals surface area contributed by atoms with Gasteiger partial charge < -0.3 is 5.32 Å². The normalized spacial score (nSPS) is 19.5. The molecule has 1 saturated carbocycles. The van der Waals surface area contributed by atoms with Crippen LogP contribution in [0.1, 0.15) is 52.4 Å². The highest BCUT2D eigenvalue weighted by Gasteiger charge is 2.24. The molecule has 1 aliphatic rings. The zero-order chi connectivity index (χ0) is 8.81. The quantitative estimate of drug-likeness (QED) is 0.618. The lowest BCUT2D eigenvalue weighted by Crippen LogP contribution is -2.30. The van der Waals surface area contributed by atoms with E-state index in [1.54, 1.807) is 0 Å². The summed E-state index contributed by atoms with van der Waals surface area (Å²) in [5.74, 6) is 1.07. The van der Waals surface area contributed by atoms with Gasteiger partial charge in [-0.05, 0) is 31.7 Å². The number of nitrogens with one attached hydrogen (secondary N) is 1. The van der Waals surface area contributed by atoms with E-state index in [1.807, 2.05) is 0 Å². The molecule has 0 aromatic rings. The largest absolute Gasteiger partial charge is 0.314 e. The molecule has 1 unspecified atom stereocenters. The Morgan fingerprint density at radius 3 is 2.50 bits per heavy atom. The molecule has 0 amide bonds. The molecule has 0 saturated heterocycles. The van der Waals surface area contributed by atoms with Gasteiger partial charge in [0.05, 0.1) is 0 Å². The molecule has 1 nitrogen and oxygen atoms in total. The first kappa shape index (κ1) is 10.0. The molecule has 0 spiro atoms. The Morgan fingerprint density at radius 1 is 1.25 bits per heavy atom. The van der Waals surface area contributed by atoms with E-state index in [-0.39, 0.29) is 0 Å². The molecule has 0 heterocycles. The highest BCUT2D eigenvalue weighted by Crippen LogP contribution is 2.34. The van der Waals surface area contributed by atoms with Crippen LogP contribution in [0.4, 0.5) is 0 Å². The van der Waals surface area contributed by atoms with Crippen LogP contribution in [0.2, 0.25) is 0 Å². The molecule has 1 rings (SSSR count). The Hall–Kier alpha value is -0.0400. The van der Waals surface area contributed by atoms with Gasteiger partial charge in [0.25, 0.3) is 0 Å². The molecule has 1 heteroatoms. The van der Waals surface area contributed by atoms with Gasteiger partial charge in [0.2, 0.25) is 0 Å². The highest BCUT2D eigenvalue weighted by molar-refractivity contribution is 4.79. The highest BCUT2D eigenvalue weighted by atomic mass is 14.9. The van der Waals surface area contributed by atoms with E-state index in [2.05, 4.69) is 19.2 Å². The first-order chi connectivity index (χ1) is 5.86. The minimum Gasteiger partial charge on any atom is -0.314 e. The summed E-state index contributed by atoms with van der Waals surface area (Å²) in [5, 5.41) is 3.64. The molecule has 72 valence electrons. The summed E-state index contributed by atoms with van der Waals surface area (Å²) in [5.41, 5.74) is 0. The SMILES string of the molecule is CCCNC(CCC)CC1CC1. The summed E-state index contributed by atoms with van der Waals surface area (Å²) in [6.45, 7) is 5.73. The fourth-order valence-corrected chi connectivity index (χ4v) is 1.76. The molecule has 1 atom stereocenters. The Bertz CT molecular complexity index is 108. The summed E-state index contributed by atoms with van der Waals surface area (Å²) >= 11 is 0. The lowest BCUT2D eigenvalue weighted by molar-refractivity contribution is 0.429. The van der Waals surface area contributed by atoms with Gasteiger partial charge in [-0.15, -0.1) is 0 Å². The second kappa shape index (κ2) is 5.58. The van der Waals surface area contributed by atoms with Gasteiger partial charge in [0.15, 0.2) is 0 Å². The van der Waals surface area contributed by atoms with Crippen molar-refractivity contribution < 1.29 is 0 Å². The van der Waals surface area contributed by atoms with Crippen LogP contribution >= 0.6 is 0 Å². The fourth-order valence-electron chi connectivity index (χ4n) is 1.76. The van der Waals surface area contributed by atoms with Crippen LogP contribution in [-0.2, 0) is 0 Å². The second-order valence-corrected chi connectivity index (χ2v) is 4.12. The van der Waals surface area contributed by atoms with E-state index in [4.69, 9.17) is 0 Å². The van der Waals surface area contributed by atoms with Crippen molar-refractivity contribution >= 4 is 0 Å². The minimum absolute atomic E-state index is 0.822. The zero-order valence-electron chi connectivity index (χ0n) is 8.60. The predicted molar refractivity (Wildman–Crippen MR) is 54.3 cm³/mol. The van der Waals surface area contributed by atoms with Crippen molar-refractivity contribution in [3.63, 3.8) is 0 Å². The molecular weight excluding hydrogens is 146 g/mol.